The van der Waals surface area contributed by atoms with Gasteiger partial charge in [0.1, 0.15) is 0 Å². The summed E-state index contributed by atoms with van der Waals surface area (Å²) in [5.41, 5.74) is 3.49. The van der Waals surface area contributed by atoms with Crippen LogP contribution in [0.3, 0.4) is 0 Å². The molecule has 0 aliphatic carbocycles. The molecule has 2 aromatic carbocycles. The fourth-order valence-corrected chi connectivity index (χ4v) is 4.12. The van der Waals surface area contributed by atoms with Crippen molar-refractivity contribution in [1.82, 2.24) is 0 Å². The molecular weight excluding hydrogens is 494 g/mol. The maximum absolute atomic E-state index is 12.6. The fraction of sp³-hybridized carbons (Fsp3) is 0.150. The van der Waals surface area contributed by atoms with Crippen LogP contribution in [0.15, 0.2) is 33.2 Å². The first-order chi connectivity index (χ1) is 13.2. The van der Waals surface area contributed by atoms with Crippen molar-refractivity contribution in [3.05, 3.63) is 49.9 Å². The monoisotopic (exact) mass is 507 g/mol. The van der Waals surface area contributed by atoms with Gasteiger partial charge < -0.3 is 14.8 Å². The zero-order valence-corrected chi connectivity index (χ0v) is 18.4. The number of halogens is 2. The number of nitrogens with one attached hydrogen (secondary N) is 1. The van der Waals surface area contributed by atoms with Crippen LogP contribution in [-0.2, 0) is 14.4 Å². The summed E-state index contributed by atoms with van der Waals surface area (Å²) in [5.74, 6) is -1.10. The van der Waals surface area contributed by atoms with E-state index in [0.717, 1.165) is 20.1 Å². The average Bonchev–Trinajstić information content (AvgIpc) is 2.91. The smallest absolute Gasteiger partial charge is 0.308 e. The van der Waals surface area contributed by atoms with Gasteiger partial charge in [0.05, 0.1) is 5.69 Å². The van der Waals surface area contributed by atoms with Crippen LogP contribution in [0.4, 0.5) is 5.69 Å². The van der Waals surface area contributed by atoms with Gasteiger partial charge >= 0.3 is 11.9 Å². The first-order valence-electron chi connectivity index (χ1n) is 8.20. The summed E-state index contributed by atoms with van der Waals surface area (Å²) in [5, 5.41) is 2.86. The van der Waals surface area contributed by atoms with Crippen LogP contribution in [0.1, 0.15) is 30.5 Å². The highest BCUT2D eigenvalue weighted by molar-refractivity contribution is 9.11. The molecule has 0 spiro atoms. The number of rotatable bonds is 3. The molecule has 3 rings (SSSR count). The number of esters is 2. The van der Waals surface area contributed by atoms with Crippen LogP contribution in [0.5, 0.6) is 11.5 Å². The van der Waals surface area contributed by atoms with Gasteiger partial charge in [0.25, 0.3) is 5.91 Å². The number of ether oxygens (including phenoxy) is 2. The van der Waals surface area contributed by atoms with Crippen molar-refractivity contribution < 1.29 is 23.9 Å². The minimum absolute atomic E-state index is 0.0998. The molecule has 8 heteroatoms. The van der Waals surface area contributed by atoms with E-state index in [-0.39, 0.29) is 17.4 Å². The zero-order chi connectivity index (χ0) is 20.6. The molecule has 2 aromatic rings. The fourth-order valence-electron chi connectivity index (χ4n) is 2.86. The Morgan fingerprint density at radius 1 is 1.00 bits per heavy atom. The SMILES string of the molecule is CC(=O)Oc1ccc(C=C2C(=O)Nc3c(Br)cc(Br)c(C)c32)cc1OC(C)=O. The highest BCUT2D eigenvalue weighted by atomic mass is 79.9. The maximum atomic E-state index is 12.6. The molecule has 1 N–H and O–H groups in total. The Morgan fingerprint density at radius 2 is 1.64 bits per heavy atom. The van der Waals surface area contributed by atoms with Gasteiger partial charge in [-0.15, -0.1) is 0 Å². The Kier molecular flexibility index (Phi) is 5.71. The van der Waals surface area contributed by atoms with Crippen molar-refractivity contribution in [3.63, 3.8) is 0 Å². The lowest BCUT2D eigenvalue weighted by Crippen LogP contribution is -2.07. The summed E-state index contributed by atoms with van der Waals surface area (Å²) in [6.45, 7) is 4.42. The molecule has 0 radical (unpaired) electrons. The molecule has 1 aliphatic heterocycles. The Labute approximate surface area is 178 Å². The number of hydrogen-bond acceptors (Lipinski definition) is 5. The zero-order valence-electron chi connectivity index (χ0n) is 15.2. The van der Waals surface area contributed by atoms with E-state index >= 15 is 0 Å². The number of benzene rings is 2. The summed E-state index contributed by atoms with van der Waals surface area (Å²) in [6, 6.07) is 6.61. The highest BCUT2D eigenvalue weighted by Gasteiger charge is 2.29. The van der Waals surface area contributed by atoms with Gasteiger partial charge in [-0.1, -0.05) is 22.0 Å². The predicted molar refractivity (Wildman–Crippen MR) is 112 cm³/mol. The third kappa shape index (κ3) is 4.02. The standard InChI is InChI=1S/C20H15Br2NO5/c1-9-14(21)8-15(22)19-18(9)13(20(26)23-19)6-12-4-5-16(27-10(2)24)17(7-12)28-11(3)25/h4-8H,1-3H3,(H,23,26). The Bertz CT molecular complexity index is 1060. The van der Waals surface area contributed by atoms with Gasteiger partial charge in [0.15, 0.2) is 11.5 Å². The summed E-state index contributed by atoms with van der Waals surface area (Å²) < 4.78 is 11.9. The van der Waals surface area contributed by atoms with E-state index in [4.69, 9.17) is 9.47 Å². The van der Waals surface area contributed by atoms with E-state index in [9.17, 15) is 14.4 Å². The van der Waals surface area contributed by atoms with E-state index in [0.29, 0.717) is 16.8 Å². The van der Waals surface area contributed by atoms with Crippen LogP contribution < -0.4 is 14.8 Å². The second kappa shape index (κ2) is 7.89. The van der Waals surface area contributed by atoms with Crippen LogP contribution >= 0.6 is 31.9 Å². The molecule has 1 heterocycles. The maximum Gasteiger partial charge on any atom is 0.308 e. The Balaban J connectivity index is 2.11. The van der Waals surface area contributed by atoms with Crippen molar-refractivity contribution in [1.29, 1.82) is 0 Å². The number of amides is 1. The summed E-state index contributed by atoms with van der Waals surface area (Å²) in [6.07, 6.45) is 1.69. The van der Waals surface area contributed by atoms with Gasteiger partial charge in [-0.25, -0.2) is 0 Å². The van der Waals surface area contributed by atoms with Crippen LogP contribution in [0.2, 0.25) is 0 Å². The molecule has 1 amide bonds. The van der Waals surface area contributed by atoms with Crippen LogP contribution in [0.25, 0.3) is 11.6 Å². The lowest BCUT2D eigenvalue weighted by molar-refractivity contribution is -0.134. The van der Waals surface area contributed by atoms with Crippen LogP contribution in [-0.4, -0.2) is 17.8 Å². The Morgan fingerprint density at radius 3 is 2.29 bits per heavy atom. The van der Waals surface area contributed by atoms with Gasteiger partial charge in [0, 0.05) is 33.9 Å². The van der Waals surface area contributed by atoms with Crippen LogP contribution in [0, 0.1) is 6.92 Å². The Hall–Kier alpha value is -2.45. The molecule has 28 heavy (non-hydrogen) atoms. The van der Waals surface area contributed by atoms with Crippen molar-refractivity contribution in [2.24, 2.45) is 0 Å². The molecule has 0 bridgehead atoms. The first-order valence-corrected chi connectivity index (χ1v) is 9.79. The minimum atomic E-state index is -0.550. The lowest BCUT2D eigenvalue weighted by atomic mass is 9.99. The van der Waals surface area contributed by atoms with Gasteiger partial charge in [-0.3, -0.25) is 14.4 Å². The second-order valence-corrected chi connectivity index (χ2v) is 7.83. The number of carbonyl (C=O) groups excluding carboxylic acids is 3. The van der Waals surface area contributed by atoms with E-state index in [1.807, 2.05) is 13.0 Å². The molecule has 0 atom stereocenters. The molecule has 1 aliphatic rings. The number of anilines is 1. The largest absolute Gasteiger partial charge is 0.423 e. The molecule has 0 saturated carbocycles. The van der Waals surface area contributed by atoms with Crippen molar-refractivity contribution >= 4 is 67.0 Å². The number of carbonyl (C=O) groups is 3. The predicted octanol–water partition coefficient (Wildman–Crippen LogP) is 4.86. The van der Waals surface area contributed by atoms with E-state index in [1.54, 1.807) is 18.2 Å². The van der Waals surface area contributed by atoms with Gasteiger partial charge in [0.2, 0.25) is 0 Å². The molecule has 0 aromatic heterocycles. The average molecular weight is 509 g/mol. The minimum Gasteiger partial charge on any atom is -0.423 e. The third-order valence-electron chi connectivity index (χ3n) is 4.01. The highest BCUT2D eigenvalue weighted by Crippen LogP contribution is 2.43. The van der Waals surface area contributed by atoms with E-state index in [1.165, 1.54) is 19.9 Å². The summed E-state index contributed by atoms with van der Waals surface area (Å²) in [7, 11) is 0. The summed E-state index contributed by atoms with van der Waals surface area (Å²) >= 11 is 6.97. The van der Waals surface area contributed by atoms with Crippen molar-refractivity contribution in [2.45, 2.75) is 20.8 Å². The normalized spacial score (nSPS) is 13.9. The first kappa shape index (κ1) is 20.3. The topological polar surface area (TPSA) is 81.7 Å². The van der Waals surface area contributed by atoms with Gasteiger partial charge in [-0.05, 0) is 58.3 Å². The quantitative estimate of drug-likeness (QED) is 0.363. The number of hydrogen-bond donors (Lipinski definition) is 1. The summed E-state index contributed by atoms with van der Waals surface area (Å²) in [4.78, 5) is 35.2. The molecule has 0 unspecified atom stereocenters. The third-order valence-corrected chi connectivity index (χ3v) is 5.46. The molecular formula is C20H15Br2NO5. The molecule has 144 valence electrons. The second-order valence-electron chi connectivity index (χ2n) is 6.12. The molecule has 0 fully saturated rings. The molecule has 6 nitrogen and oxygen atoms in total. The lowest BCUT2D eigenvalue weighted by Gasteiger charge is -2.10. The molecule has 0 saturated heterocycles. The number of fused-ring (bicyclic) bond motifs is 1. The van der Waals surface area contributed by atoms with E-state index in [2.05, 4.69) is 37.2 Å². The van der Waals surface area contributed by atoms with E-state index < -0.39 is 11.9 Å². The van der Waals surface area contributed by atoms with Crippen molar-refractivity contribution in [2.75, 3.05) is 5.32 Å². The van der Waals surface area contributed by atoms with Gasteiger partial charge in [-0.2, -0.15) is 0 Å². The van der Waals surface area contributed by atoms with Crippen molar-refractivity contribution in [3.8, 4) is 11.5 Å².